The van der Waals surface area contributed by atoms with E-state index in [4.69, 9.17) is 4.52 Å². The minimum Gasteiger partial charge on any atom is -0.343 e. The molecule has 0 fully saturated rings. The molecule has 3 heterocycles. The summed E-state index contributed by atoms with van der Waals surface area (Å²) in [5.41, 5.74) is 4.15. The lowest BCUT2D eigenvalue weighted by molar-refractivity contribution is -0.119. The van der Waals surface area contributed by atoms with E-state index in [-0.39, 0.29) is 17.6 Å². The van der Waals surface area contributed by atoms with E-state index in [2.05, 4.69) is 57.5 Å². The number of carbonyl (C=O) groups excluding carboxylic acids is 1. The van der Waals surface area contributed by atoms with Gasteiger partial charge in [0.25, 0.3) is 0 Å². The molecule has 0 saturated carbocycles. The number of aromatic nitrogens is 5. The average molecular weight is 463 g/mol. The van der Waals surface area contributed by atoms with Gasteiger partial charge in [-0.1, -0.05) is 36.8 Å². The molecule has 1 aromatic carbocycles. The Morgan fingerprint density at radius 2 is 1.97 bits per heavy atom. The third-order valence-electron chi connectivity index (χ3n) is 5.03. The Hall–Kier alpha value is -3.46. The highest BCUT2D eigenvalue weighted by Crippen LogP contribution is 2.25. The van der Waals surface area contributed by atoms with Crippen LogP contribution in [0.25, 0.3) is 17.1 Å². The van der Waals surface area contributed by atoms with E-state index >= 15 is 0 Å². The van der Waals surface area contributed by atoms with Gasteiger partial charge in [-0.25, -0.2) is 4.98 Å². The summed E-state index contributed by atoms with van der Waals surface area (Å²) in [6.07, 6.45) is 7.01. The number of hydrogen-bond acceptors (Lipinski definition) is 7. The van der Waals surface area contributed by atoms with Gasteiger partial charge in [-0.2, -0.15) is 4.98 Å². The number of amides is 1. The van der Waals surface area contributed by atoms with Gasteiger partial charge in [0.15, 0.2) is 5.16 Å². The lowest BCUT2D eigenvalue weighted by atomic mass is 10.0. The fourth-order valence-electron chi connectivity index (χ4n) is 3.52. The van der Waals surface area contributed by atoms with Crippen molar-refractivity contribution in [2.45, 2.75) is 38.9 Å². The van der Waals surface area contributed by atoms with Gasteiger partial charge in [-0.05, 0) is 55.2 Å². The molecule has 3 aromatic heterocycles. The van der Waals surface area contributed by atoms with Crippen molar-refractivity contribution in [3.63, 3.8) is 0 Å². The van der Waals surface area contributed by atoms with Gasteiger partial charge in [0.05, 0.1) is 5.75 Å². The first kappa shape index (κ1) is 22.7. The van der Waals surface area contributed by atoms with Crippen molar-refractivity contribution < 1.29 is 9.32 Å². The number of benzene rings is 1. The number of carbonyl (C=O) groups is 1. The second kappa shape index (κ2) is 9.99. The molecule has 0 aliphatic rings. The average Bonchev–Trinajstić information content (AvgIpc) is 3.45. The second-order valence-electron chi connectivity index (χ2n) is 8.20. The van der Waals surface area contributed by atoms with Gasteiger partial charge in [0, 0.05) is 36.0 Å². The molecule has 0 spiro atoms. The molecule has 1 unspecified atom stereocenters. The van der Waals surface area contributed by atoms with Gasteiger partial charge < -0.3 is 9.84 Å². The number of nitrogens with zero attached hydrogens (tertiary/aromatic N) is 5. The summed E-state index contributed by atoms with van der Waals surface area (Å²) in [7, 11) is 0. The monoisotopic (exact) mass is 462 g/mol. The molecule has 0 bridgehead atoms. The van der Waals surface area contributed by atoms with Crippen LogP contribution in [-0.2, 0) is 4.79 Å². The quantitative estimate of drug-likeness (QED) is 0.384. The Balaban J connectivity index is 1.43. The number of imidazole rings is 1. The second-order valence-corrected chi connectivity index (χ2v) is 9.14. The third kappa shape index (κ3) is 5.48. The molecule has 8 nitrogen and oxygen atoms in total. The molecule has 0 aliphatic carbocycles. The van der Waals surface area contributed by atoms with Crippen molar-refractivity contribution in [3.05, 3.63) is 72.1 Å². The number of nitrogens with one attached hydrogen (secondary N) is 1. The first-order valence-electron chi connectivity index (χ1n) is 10.7. The lowest BCUT2D eigenvalue weighted by Gasteiger charge is -2.18. The normalized spacial score (nSPS) is 12.2. The van der Waals surface area contributed by atoms with Gasteiger partial charge in [0.1, 0.15) is 6.04 Å². The Labute approximate surface area is 196 Å². The molecular formula is C24H26N6O2S. The van der Waals surface area contributed by atoms with E-state index in [0.29, 0.717) is 11.7 Å². The minimum atomic E-state index is -0.393. The number of rotatable bonds is 8. The fourth-order valence-corrected chi connectivity index (χ4v) is 4.30. The molecule has 9 heteroatoms. The fraction of sp³-hybridized carbons (Fsp3) is 0.292. The molecule has 4 rings (SSSR count). The van der Waals surface area contributed by atoms with Crippen molar-refractivity contribution in [2.75, 3.05) is 5.75 Å². The van der Waals surface area contributed by atoms with Crippen LogP contribution in [-0.4, -0.2) is 36.3 Å². The summed E-state index contributed by atoms with van der Waals surface area (Å²) in [6, 6.07) is 9.61. The zero-order chi connectivity index (χ0) is 23.4. The van der Waals surface area contributed by atoms with Crippen molar-refractivity contribution >= 4 is 17.7 Å². The Morgan fingerprint density at radius 1 is 1.18 bits per heavy atom. The topological polar surface area (TPSA) is 98.7 Å². The van der Waals surface area contributed by atoms with Gasteiger partial charge >= 0.3 is 0 Å². The number of thioether (sulfide) groups is 1. The van der Waals surface area contributed by atoms with Crippen LogP contribution in [0, 0.1) is 19.8 Å². The van der Waals surface area contributed by atoms with Gasteiger partial charge in [-0.15, -0.1) is 0 Å². The predicted molar refractivity (Wildman–Crippen MR) is 127 cm³/mol. The number of aryl methyl sites for hydroxylation is 2. The zero-order valence-electron chi connectivity index (χ0n) is 19.0. The van der Waals surface area contributed by atoms with E-state index in [1.807, 2.05) is 36.7 Å². The number of hydrogen-bond donors (Lipinski definition) is 1. The Kier molecular flexibility index (Phi) is 6.88. The van der Waals surface area contributed by atoms with Crippen LogP contribution in [0.15, 0.2) is 64.8 Å². The van der Waals surface area contributed by atoms with Crippen molar-refractivity contribution in [1.29, 1.82) is 0 Å². The molecule has 0 radical (unpaired) electrons. The Bertz CT molecular complexity index is 1210. The first-order valence-corrected chi connectivity index (χ1v) is 11.7. The lowest BCUT2D eigenvalue weighted by Crippen LogP contribution is -2.33. The number of pyridine rings is 1. The van der Waals surface area contributed by atoms with Crippen molar-refractivity contribution in [3.8, 4) is 17.1 Å². The SMILES string of the molecule is Cc1cc(C)cc(-n2ccnc2SCC(=O)NC(c2nc(-c3cccnc3)no2)C(C)C)c1. The maximum absolute atomic E-state index is 12.8. The van der Waals surface area contributed by atoms with Crippen LogP contribution in [0.4, 0.5) is 0 Å². The molecular weight excluding hydrogens is 436 g/mol. The van der Waals surface area contributed by atoms with Crippen molar-refractivity contribution in [2.24, 2.45) is 5.92 Å². The van der Waals surface area contributed by atoms with Crippen LogP contribution < -0.4 is 5.32 Å². The third-order valence-corrected chi connectivity index (χ3v) is 6.00. The molecule has 1 N–H and O–H groups in total. The zero-order valence-corrected chi connectivity index (χ0v) is 19.8. The molecule has 1 amide bonds. The summed E-state index contributed by atoms with van der Waals surface area (Å²) in [5, 5.41) is 7.83. The van der Waals surface area contributed by atoms with Gasteiger partial charge in [0.2, 0.25) is 17.6 Å². The molecule has 1 atom stereocenters. The first-order chi connectivity index (χ1) is 15.9. The van der Waals surface area contributed by atoms with E-state index in [1.54, 1.807) is 18.6 Å². The van der Waals surface area contributed by atoms with Crippen LogP contribution >= 0.6 is 11.8 Å². The van der Waals surface area contributed by atoms with E-state index in [9.17, 15) is 4.79 Å². The van der Waals surface area contributed by atoms with E-state index in [0.717, 1.165) is 16.4 Å². The largest absolute Gasteiger partial charge is 0.343 e. The highest BCUT2D eigenvalue weighted by Gasteiger charge is 2.25. The standard InChI is InChI=1S/C24H26N6O2S/c1-15(2)21(23-28-22(29-32-23)18-6-5-7-25-13-18)27-20(31)14-33-24-26-8-9-30(24)19-11-16(3)10-17(4)12-19/h5-13,15,21H,14H2,1-4H3,(H,27,31). The minimum absolute atomic E-state index is 0.0680. The predicted octanol–water partition coefficient (Wildman–Crippen LogP) is 4.54. The molecule has 170 valence electrons. The summed E-state index contributed by atoms with van der Waals surface area (Å²) < 4.78 is 7.46. The highest BCUT2D eigenvalue weighted by atomic mass is 32.2. The smallest absolute Gasteiger partial charge is 0.249 e. The molecule has 0 aliphatic heterocycles. The molecule has 4 aromatic rings. The van der Waals surface area contributed by atoms with Crippen LogP contribution in [0.1, 0.15) is 36.9 Å². The summed E-state index contributed by atoms with van der Waals surface area (Å²) in [4.78, 5) is 25.8. The van der Waals surface area contributed by atoms with E-state index in [1.165, 1.54) is 22.9 Å². The van der Waals surface area contributed by atoms with Crippen LogP contribution in [0.2, 0.25) is 0 Å². The molecule has 0 saturated heterocycles. The highest BCUT2D eigenvalue weighted by molar-refractivity contribution is 7.99. The van der Waals surface area contributed by atoms with Crippen LogP contribution in [0.5, 0.6) is 0 Å². The Morgan fingerprint density at radius 3 is 2.67 bits per heavy atom. The van der Waals surface area contributed by atoms with E-state index < -0.39 is 6.04 Å². The van der Waals surface area contributed by atoms with Crippen molar-refractivity contribution in [1.82, 2.24) is 30.0 Å². The van der Waals surface area contributed by atoms with Crippen LogP contribution in [0.3, 0.4) is 0 Å². The summed E-state index contributed by atoms with van der Waals surface area (Å²) in [5.74, 6) is 0.976. The maximum atomic E-state index is 12.8. The van der Waals surface area contributed by atoms with Gasteiger partial charge in [-0.3, -0.25) is 14.3 Å². The molecule has 33 heavy (non-hydrogen) atoms. The maximum Gasteiger partial charge on any atom is 0.249 e. The summed E-state index contributed by atoms with van der Waals surface area (Å²) in [6.45, 7) is 8.13. The summed E-state index contributed by atoms with van der Waals surface area (Å²) >= 11 is 1.38.